The lowest BCUT2D eigenvalue weighted by Gasteiger charge is -2.18. The van der Waals surface area contributed by atoms with Crippen LogP contribution in [0.5, 0.6) is 5.75 Å². The molecule has 3 N–H and O–H groups in total. The van der Waals surface area contributed by atoms with E-state index in [2.05, 4.69) is 0 Å². The standard InChI is InChI=1S/C11H15NO3/c1-11(2,12)7-15-9-5-3-8(4-6-9)10(13)14/h3-6H,7,12H2,1-2H3,(H,13,14). The van der Waals surface area contributed by atoms with Gasteiger partial charge in [-0.2, -0.15) is 0 Å². The summed E-state index contributed by atoms with van der Waals surface area (Å²) in [6.07, 6.45) is 0. The number of aromatic carboxylic acids is 1. The summed E-state index contributed by atoms with van der Waals surface area (Å²) in [5, 5.41) is 8.67. The summed E-state index contributed by atoms with van der Waals surface area (Å²) >= 11 is 0. The molecule has 0 bridgehead atoms. The number of hydrogen-bond acceptors (Lipinski definition) is 3. The van der Waals surface area contributed by atoms with E-state index in [0.29, 0.717) is 12.4 Å². The van der Waals surface area contributed by atoms with Gasteiger partial charge >= 0.3 is 5.97 Å². The molecule has 1 rings (SSSR count). The molecule has 0 spiro atoms. The van der Waals surface area contributed by atoms with E-state index in [1.807, 2.05) is 13.8 Å². The van der Waals surface area contributed by atoms with Crippen LogP contribution in [0.1, 0.15) is 24.2 Å². The third-order valence-corrected chi connectivity index (χ3v) is 1.71. The quantitative estimate of drug-likeness (QED) is 0.788. The van der Waals surface area contributed by atoms with Crippen molar-refractivity contribution in [3.05, 3.63) is 29.8 Å². The molecule has 0 saturated heterocycles. The first-order chi connectivity index (χ1) is 6.88. The van der Waals surface area contributed by atoms with E-state index in [0.717, 1.165) is 0 Å². The number of carboxylic acid groups (broad SMARTS) is 1. The normalized spacial score (nSPS) is 11.1. The molecule has 1 aromatic carbocycles. The predicted octanol–water partition coefficient (Wildman–Crippen LogP) is 1.50. The average molecular weight is 209 g/mol. The molecular formula is C11H15NO3. The fourth-order valence-electron chi connectivity index (χ4n) is 0.963. The Morgan fingerprint density at radius 1 is 1.40 bits per heavy atom. The largest absolute Gasteiger partial charge is 0.492 e. The van der Waals surface area contributed by atoms with Gasteiger partial charge in [-0.1, -0.05) is 0 Å². The number of hydrogen-bond donors (Lipinski definition) is 2. The van der Waals surface area contributed by atoms with Crippen molar-refractivity contribution in [1.82, 2.24) is 0 Å². The van der Waals surface area contributed by atoms with Crippen molar-refractivity contribution in [3.8, 4) is 5.75 Å². The van der Waals surface area contributed by atoms with Crippen molar-refractivity contribution in [3.63, 3.8) is 0 Å². The monoisotopic (exact) mass is 209 g/mol. The number of carboxylic acids is 1. The minimum Gasteiger partial charge on any atom is -0.492 e. The average Bonchev–Trinajstić information content (AvgIpc) is 2.14. The van der Waals surface area contributed by atoms with Crippen LogP contribution >= 0.6 is 0 Å². The Morgan fingerprint density at radius 3 is 2.33 bits per heavy atom. The lowest BCUT2D eigenvalue weighted by atomic mass is 10.1. The van der Waals surface area contributed by atoms with Gasteiger partial charge in [-0.15, -0.1) is 0 Å². The van der Waals surface area contributed by atoms with Crippen LogP contribution in [0.25, 0.3) is 0 Å². The maximum absolute atomic E-state index is 10.6. The molecule has 15 heavy (non-hydrogen) atoms. The minimum absolute atomic E-state index is 0.245. The van der Waals surface area contributed by atoms with E-state index in [9.17, 15) is 4.79 Å². The summed E-state index contributed by atoms with van der Waals surface area (Å²) in [4.78, 5) is 10.6. The minimum atomic E-state index is -0.944. The van der Waals surface area contributed by atoms with Crippen molar-refractivity contribution in [2.45, 2.75) is 19.4 Å². The van der Waals surface area contributed by atoms with E-state index in [4.69, 9.17) is 15.6 Å². The molecule has 0 aromatic heterocycles. The Hall–Kier alpha value is -1.55. The third-order valence-electron chi connectivity index (χ3n) is 1.71. The maximum Gasteiger partial charge on any atom is 0.335 e. The highest BCUT2D eigenvalue weighted by atomic mass is 16.5. The van der Waals surface area contributed by atoms with Crippen LogP contribution in [0.2, 0.25) is 0 Å². The Bertz CT molecular complexity index is 338. The van der Waals surface area contributed by atoms with Crippen molar-refractivity contribution >= 4 is 5.97 Å². The fourth-order valence-corrected chi connectivity index (χ4v) is 0.963. The highest BCUT2D eigenvalue weighted by molar-refractivity contribution is 5.87. The molecule has 0 radical (unpaired) electrons. The number of benzene rings is 1. The maximum atomic E-state index is 10.6. The molecule has 4 heteroatoms. The third kappa shape index (κ3) is 3.99. The van der Waals surface area contributed by atoms with Crippen LogP contribution < -0.4 is 10.5 Å². The van der Waals surface area contributed by atoms with Gasteiger partial charge in [0.05, 0.1) is 5.56 Å². The molecule has 0 fully saturated rings. The van der Waals surface area contributed by atoms with E-state index in [1.54, 1.807) is 12.1 Å². The number of ether oxygens (including phenoxy) is 1. The van der Waals surface area contributed by atoms with Gasteiger partial charge in [-0.3, -0.25) is 0 Å². The second-order valence-corrected chi connectivity index (χ2v) is 4.11. The Labute approximate surface area is 88.7 Å². The topological polar surface area (TPSA) is 72.5 Å². The molecule has 0 saturated carbocycles. The second kappa shape index (κ2) is 4.31. The molecule has 0 amide bonds. The van der Waals surface area contributed by atoms with E-state index >= 15 is 0 Å². The highest BCUT2D eigenvalue weighted by Gasteiger charge is 2.11. The number of carbonyl (C=O) groups is 1. The van der Waals surface area contributed by atoms with Crippen LogP contribution in [0.4, 0.5) is 0 Å². The van der Waals surface area contributed by atoms with Crippen molar-refractivity contribution < 1.29 is 14.6 Å². The van der Waals surface area contributed by atoms with Gasteiger partial charge in [0.25, 0.3) is 0 Å². The first-order valence-corrected chi connectivity index (χ1v) is 4.63. The molecule has 0 unspecified atom stereocenters. The molecule has 0 atom stereocenters. The lowest BCUT2D eigenvalue weighted by Crippen LogP contribution is -2.38. The van der Waals surface area contributed by atoms with Gasteiger partial charge in [0, 0.05) is 5.54 Å². The van der Waals surface area contributed by atoms with Gasteiger partial charge in [-0.25, -0.2) is 4.79 Å². The zero-order chi connectivity index (χ0) is 11.5. The van der Waals surface area contributed by atoms with Crippen molar-refractivity contribution in [2.24, 2.45) is 5.73 Å². The Balaban J connectivity index is 2.61. The van der Waals surface area contributed by atoms with Crippen LogP contribution in [-0.2, 0) is 0 Å². The van der Waals surface area contributed by atoms with E-state index in [-0.39, 0.29) is 5.56 Å². The van der Waals surface area contributed by atoms with Crippen LogP contribution in [-0.4, -0.2) is 23.2 Å². The molecule has 0 aliphatic heterocycles. The Kier molecular flexibility index (Phi) is 3.31. The highest BCUT2D eigenvalue weighted by Crippen LogP contribution is 2.13. The second-order valence-electron chi connectivity index (χ2n) is 4.11. The van der Waals surface area contributed by atoms with Crippen molar-refractivity contribution in [1.29, 1.82) is 0 Å². The van der Waals surface area contributed by atoms with E-state index < -0.39 is 11.5 Å². The van der Waals surface area contributed by atoms with Gasteiger partial charge < -0.3 is 15.6 Å². The zero-order valence-electron chi connectivity index (χ0n) is 8.86. The van der Waals surface area contributed by atoms with Crippen molar-refractivity contribution in [2.75, 3.05) is 6.61 Å². The molecule has 0 aliphatic rings. The van der Waals surface area contributed by atoms with E-state index in [1.165, 1.54) is 12.1 Å². The number of rotatable bonds is 4. The molecular weight excluding hydrogens is 194 g/mol. The summed E-state index contributed by atoms with van der Waals surface area (Å²) in [7, 11) is 0. The first kappa shape index (κ1) is 11.5. The summed E-state index contributed by atoms with van der Waals surface area (Å²) in [6, 6.07) is 6.24. The molecule has 0 aliphatic carbocycles. The summed E-state index contributed by atoms with van der Waals surface area (Å²) in [6.45, 7) is 4.11. The van der Waals surface area contributed by atoms with Crippen LogP contribution in [0.3, 0.4) is 0 Å². The van der Waals surface area contributed by atoms with Gasteiger partial charge in [0.15, 0.2) is 0 Å². The van der Waals surface area contributed by atoms with Gasteiger partial charge in [0.1, 0.15) is 12.4 Å². The van der Waals surface area contributed by atoms with Crippen LogP contribution in [0, 0.1) is 0 Å². The summed E-state index contributed by atoms with van der Waals surface area (Å²) in [5.74, 6) is -0.320. The smallest absolute Gasteiger partial charge is 0.335 e. The van der Waals surface area contributed by atoms with Crippen LogP contribution in [0.15, 0.2) is 24.3 Å². The first-order valence-electron chi connectivity index (χ1n) is 4.63. The Morgan fingerprint density at radius 2 is 1.93 bits per heavy atom. The number of nitrogens with two attached hydrogens (primary N) is 1. The summed E-state index contributed by atoms with van der Waals surface area (Å²) in [5.41, 5.74) is 5.59. The fraction of sp³-hybridized carbons (Fsp3) is 0.364. The summed E-state index contributed by atoms with van der Waals surface area (Å²) < 4.78 is 5.39. The van der Waals surface area contributed by atoms with Gasteiger partial charge in [0.2, 0.25) is 0 Å². The molecule has 82 valence electrons. The molecule has 4 nitrogen and oxygen atoms in total. The zero-order valence-corrected chi connectivity index (χ0v) is 8.86. The molecule has 1 aromatic rings. The predicted molar refractivity (Wildman–Crippen MR) is 57.2 cm³/mol. The van der Waals surface area contributed by atoms with Gasteiger partial charge in [-0.05, 0) is 38.1 Å². The lowest BCUT2D eigenvalue weighted by molar-refractivity contribution is 0.0697. The SMILES string of the molecule is CC(C)(N)COc1ccc(C(=O)O)cc1. The molecule has 0 heterocycles.